The summed E-state index contributed by atoms with van der Waals surface area (Å²) in [6.45, 7) is 5.19. The molecule has 0 unspecified atom stereocenters. The number of aliphatic carboxylic acids is 1. The molecule has 0 fully saturated rings. The van der Waals surface area contributed by atoms with Gasteiger partial charge in [-0.05, 0) is 20.3 Å². The molecule has 0 atom stereocenters. The lowest BCUT2D eigenvalue weighted by Crippen LogP contribution is -2.27. The molecule has 1 amide bonds. The van der Waals surface area contributed by atoms with Crippen LogP contribution in [0.2, 0.25) is 0 Å². The van der Waals surface area contributed by atoms with Gasteiger partial charge in [-0.2, -0.15) is 11.8 Å². The molecule has 100 valence electrons. The first-order valence-corrected chi connectivity index (χ1v) is 6.85. The average Bonchev–Trinajstić information content (AvgIpc) is 2.23. The van der Waals surface area contributed by atoms with Crippen molar-refractivity contribution < 1.29 is 19.4 Å². The van der Waals surface area contributed by atoms with E-state index in [1.165, 1.54) is 11.8 Å². The summed E-state index contributed by atoms with van der Waals surface area (Å²) < 4.78 is 5.33. The third-order valence-electron chi connectivity index (χ3n) is 1.79. The van der Waals surface area contributed by atoms with Crippen molar-refractivity contribution in [2.75, 3.05) is 24.7 Å². The molecule has 0 aliphatic heterocycles. The number of carboxylic acid groups (broad SMARTS) is 1. The number of rotatable bonds is 10. The first-order valence-electron chi connectivity index (χ1n) is 5.70. The quantitative estimate of drug-likeness (QED) is 0.578. The van der Waals surface area contributed by atoms with Gasteiger partial charge in [-0.25, -0.2) is 0 Å². The second-order valence-electron chi connectivity index (χ2n) is 3.82. The van der Waals surface area contributed by atoms with Gasteiger partial charge >= 0.3 is 5.97 Å². The summed E-state index contributed by atoms with van der Waals surface area (Å²) in [7, 11) is 0. The van der Waals surface area contributed by atoms with E-state index in [0.717, 1.165) is 6.42 Å². The highest BCUT2D eigenvalue weighted by Gasteiger charge is 2.02. The number of nitrogens with one attached hydrogen (secondary N) is 1. The molecule has 0 aromatic rings. The number of ether oxygens (including phenoxy) is 1. The fourth-order valence-corrected chi connectivity index (χ4v) is 1.75. The van der Waals surface area contributed by atoms with Gasteiger partial charge in [-0.15, -0.1) is 0 Å². The van der Waals surface area contributed by atoms with E-state index in [4.69, 9.17) is 9.84 Å². The minimum atomic E-state index is -0.830. The number of carbonyl (C=O) groups excluding carboxylic acids is 1. The summed E-state index contributed by atoms with van der Waals surface area (Å²) >= 11 is 1.33. The third kappa shape index (κ3) is 13.2. The van der Waals surface area contributed by atoms with Crippen LogP contribution in [0.15, 0.2) is 0 Å². The fourth-order valence-electron chi connectivity index (χ4n) is 0.994. The lowest BCUT2D eigenvalue weighted by atomic mass is 10.4. The highest BCUT2D eigenvalue weighted by atomic mass is 32.2. The topological polar surface area (TPSA) is 75.6 Å². The van der Waals surface area contributed by atoms with Crippen molar-refractivity contribution in [2.45, 2.75) is 32.8 Å². The van der Waals surface area contributed by atoms with Crippen molar-refractivity contribution in [3.8, 4) is 0 Å². The second kappa shape index (κ2) is 10.4. The maximum absolute atomic E-state index is 11.3. The standard InChI is InChI=1S/C11H21NO4S/c1-9(2)16-6-3-5-12-10(13)8-17-7-4-11(14)15/h9H,3-8H2,1-2H3,(H,12,13)(H,14,15). The first kappa shape index (κ1) is 16.2. The minimum Gasteiger partial charge on any atom is -0.481 e. The van der Waals surface area contributed by atoms with E-state index >= 15 is 0 Å². The van der Waals surface area contributed by atoms with Crippen LogP contribution in [0.5, 0.6) is 0 Å². The lowest BCUT2D eigenvalue weighted by molar-refractivity contribution is -0.136. The maximum Gasteiger partial charge on any atom is 0.304 e. The van der Waals surface area contributed by atoms with Crippen LogP contribution in [0.4, 0.5) is 0 Å². The molecule has 0 aliphatic rings. The van der Waals surface area contributed by atoms with Gasteiger partial charge in [-0.1, -0.05) is 0 Å². The van der Waals surface area contributed by atoms with E-state index in [-0.39, 0.29) is 18.4 Å². The molecule has 2 N–H and O–H groups in total. The Hall–Kier alpha value is -0.750. The lowest BCUT2D eigenvalue weighted by Gasteiger charge is -2.08. The molecular formula is C11H21NO4S. The van der Waals surface area contributed by atoms with E-state index in [1.54, 1.807) is 0 Å². The summed E-state index contributed by atoms with van der Waals surface area (Å²) in [6, 6.07) is 0. The predicted octanol–water partition coefficient (Wildman–Crippen LogP) is 1.13. The van der Waals surface area contributed by atoms with Gasteiger partial charge in [0.25, 0.3) is 0 Å². The van der Waals surface area contributed by atoms with Crippen LogP contribution in [0.25, 0.3) is 0 Å². The molecule has 0 aromatic heterocycles. The Kier molecular flexibility index (Phi) is 9.95. The number of hydrogen-bond acceptors (Lipinski definition) is 4. The number of carbonyl (C=O) groups is 2. The molecule has 5 nitrogen and oxygen atoms in total. The largest absolute Gasteiger partial charge is 0.481 e. The summed E-state index contributed by atoms with van der Waals surface area (Å²) in [4.78, 5) is 21.5. The van der Waals surface area contributed by atoms with E-state index in [0.29, 0.717) is 24.7 Å². The van der Waals surface area contributed by atoms with Gasteiger partial charge in [0.05, 0.1) is 18.3 Å². The number of hydrogen-bond donors (Lipinski definition) is 2. The van der Waals surface area contributed by atoms with Crippen molar-refractivity contribution in [1.82, 2.24) is 5.32 Å². The second-order valence-corrected chi connectivity index (χ2v) is 4.92. The molecule has 0 bridgehead atoms. The van der Waals surface area contributed by atoms with Gasteiger partial charge in [0.2, 0.25) is 5.91 Å². The Morgan fingerprint density at radius 1 is 1.41 bits per heavy atom. The Balaban J connectivity index is 3.26. The van der Waals surface area contributed by atoms with Crippen LogP contribution in [-0.2, 0) is 14.3 Å². The van der Waals surface area contributed by atoms with Crippen LogP contribution in [0.3, 0.4) is 0 Å². The van der Waals surface area contributed by atoms with Gasteiger partial charge in [0.15, 0.2) is 0 Å². The molecular weight excluding hydrogens is 242 g/mol. The summed E-state index contributed by atoms with van der Waals surface area (Å²) in [5, 5.41) is 11.2. The molecule has 0 heterocycles. The molecule has 6 heteroatoms. The Bertz CT molecular complexity index is 234. The van der Waals surface area contributed by atoms with Crippen LogP contribution in [0, 0.1) is 0 Å². The number of carboxylic acids is 1. The molecule has 0 radical (unpaired) electrons. The molecule has 0 aromatic carbocycles. The van der Waals surface area contributed by atoms with E-state index in [9.17, 15) is 9.59 Å². The zero-order chi connectivity index (χ0) is 13.1. The third-order valence-corrected chi connectivity index (χ3v) is 2.75. The summed E-state index contributed by atoms with van der Waals surface area (Å²) in [5.74, 6) is -0.0916. The zero-order valence-electron chi connectivity index (χ0n) is 10.4. The predicted molar refractivity (Wildman–Crippen MR) is 68.3 cm³/mol. The van der Waals surface area contributed by atoms with E-state index in [1.807, 2.05) is 13.8 Å². The molecule has 0 aliphatic carbocycles. The Morgan fingerprint density at radius 2 is 2.12 bits per heavy atom. The average molecular weight is 263 g/mol. The monoisotopic (exact) mass is 263 g/mol. The Morgan fingerprint density at radius 3 is 2.71 bits per heavy atom. The smallest absolute Gasteiger partial charge is 0.304 e. The van der Waals surface area contributed by atoms with Crippen molar-refractivity contribution in [3.05, 3.63) is 0 Å². The van der Waals surface area contributed by atoms with E-state index < -0.39 is 5.97 Å². The molecule has 0 spiro atoms. The van der Waals surface area contributed by atoms with Crippen LogP contribution in [0.1, 0.15) is 26.7 Å². The van der Waals surface area contributed by atoms with Gasteiger partial charge in [-0.3, -0.25) is 9.59 Å². The molecule has 17 heavy (non-hydrogen) atoms. The Labute approximate surface area is 106 Å². The minimum absolute atomic E-state index is 0.0510. The first-order chi connectivity index (χ1) is 8.02. The van der Waals surface area contributed by atoms with Crippen molar-refractivity contribution >= 4 is 23.6 Å². The van der Waals surface area contributed by atoms with Crippen molar-refractivity contribution in [1.29, 1.82) is 0 Å². The van der Waals surface area contributed by atoms with E-state index in [2.05, 4.69) is 5.32 Å². The molecule has 0 saturated carbocycles. The van der Waals surface area contributed by atoms with Crippen molar-refractivity contribution in [3.63, 3.8) is 0 Å². The highest BCUT2D eigenvalue weighted by molar-refractivity contribution is 7.99. The van der Waals surface area contributed by atoms with Gasteiger partial charge < -0.3 is 15.2 Å². The normalized spacial score (nSPS) is 10.5. The maximum atomic E-state index is 11.3. The van der Waals surface area contributed by atoms with Crippen LogP contribution < -0.4 is 5.32 Å². The summed E-state index contributed by atoms with van der Waals surface area (Å²) in [5.41, 5.74) is 0. The SMILES string of the molecule is CC(C)OCCCNC(=O)CSCCC(=O)O. The van der Waals surface area contributed by atoms with Gasteiger partial charge in [0.1, 0.15) is 0 Å². The number of amides is 1. The highest BCUT2D eigenvalue weighted by Crippen LogP contribution is 2.01. The summed E-state index contributed by atoms with van der Waals surface area (Å²) in [6.07, 6.45) is 1.11. The van der Waals surface area contributed by atoms with Crippen LogP contribution >= 0.6 is 11.8 Å². The fraction of sp³-hybridized carbons (Fsp3) is 0.818. The molecule has 0 rings (SSSR count). The van der Waals surface area contributed by atoms with Gasteiger partial charge in [0, 0.05) is 18.9 Å². The molecule has 0 saturated heterocycles. The zero-order valence-corrected chi connectivity index (χ0v) is 11.2. The number of thioether (sulfide) groups is 1. The van der Waals surface area contributed by atoms with Crippen LogP contribution in [-0.4, -0.2) is 47.7 Å². The van der Waals surface area contributed by atoms with Crippen molar-refractivity contribution in [2.24, 2.45) is 0 Å².